The Morgan fingerprint density at radius 2 is 2.09 bits per heavy atom. The molecular weight excluding hydrogens is 290 g/mol. The number of fused-ring (bicyclic) bond motifs is 1. The Bertz CT molecular complexity index is 656. The van der Waals surface area contributed by atoms with Gasteiger partial charge in [-0.3, -0.25) is 4.99 Å². The molecule has 0 fully saturated rings. The second-order valence-electron chi connectivity index (χ2n) is 5.49. The second-order valence-corrected chi connectivity index (χ2v) is 5.49. The van der Waals surface area contributed by atoms with Gasteiger partial charge in [-0.05, 0) is 48.8 Å². The lowest BCUT2D eigenvalue weighted by atomic mass is 9.96. The van der Waals surface area contributed by atoms with Gasteiger partial charge in [-0.15, -0.1) is 0 Å². The van der Waals surface area contributed by atoms with Gasteiger partial charge in [0.05, 0.1) is 12.3 Å². The van der Waals surface area contributed by atoms with Crippen LogP contribution in [0, 0.1) is 0 Å². The molecule has 0 aromatic heterocycles. The highest BCUT2D eigenvalue weighted by Crippen LogP contribution is 2.29. The summed E-state index contributed by atoms with van der Waals surface area (Å²) in [6, 6.07) is 6.03. The number of methoxy groups -OCH3 is 1. The maximum atomic E-state index is 5.92. The van der Waals surface area contributed by atoms with Crippen LogP contribution < -0.4 is 15.8 Å². The predicted octanol–water partition coefficient (Wildman–Crippen LogP) is 2.84. The van der Waals surface area contributed by atoms with E-state index in [0.29, 0.717) is 19.8 Å². The Hall–Kier alpha value is -2.27. The molecule has 1 heterocycles. The van der Waals surface area contributed by atoms with Crippen molar-refractivity contribution < 1.29 is 9.47 Å². The van der Waals surface area contributed by atoms with E-state index in [-0.39, 0.29) is 0 Å². The number of anilines is 1. The van der Waals surface area contributed by atoms with E-state index in [1.807, 2.05) is 32.0 Å². The summed E-state index contributed by atoms with van der Waals surface area (Å²) >= 11 is 0. The molecule has 1 aromatic carbocycles. The minimum atomic E-state index is 0.544. The zero-order chi connectivity index (χ0) is 16.8. The molecule has 1 aliphatic rings. The van der Waals surface area contributed by atoms with E-state index in [9.17, 15) is 0 Å². The molecule has 0 radical (unpaired) electrons. The summed E-state index contributed by atoms with van der Waals surface area (Å²) in [5, 5.41) is 3.43. The molecule has 1 aliphatic heterocycles. The first-order valence-corrected chi connectivity index (χ1v) is 7.67. The zero-order valence-corrected chi connectivity index (χ0v) is 14.3. The summed E-state index contributed by atoms with van der Waals surface area (Å²) in [6.07, 6.45) is 2.15. The monoisotopic (exact) mass is 315 g/mol. The fraction of sp³-hybridized carbons (Fsp3) is 0.389. The molecule has 0 unspecified atom stereocenters. The molecule has 0 aliphatic carbocycles. The normalized spacial score (nSPS) is 15.3. The molecule has 0 bridgehead atoms. The maximum absolute atomic E-state index is 5.92. The van der Waals surface area contributed by atoms with Crippen molar-refractivity contribution in [2.75, 3.05) is 39.2 Å². The largest absolute Gasteiger partial charge is 0.491 e. The van der Waals surface area contributed by atoms with E-state index in [1.54, 1.807) is 14.2 Å². The van der Waals surface area contributed by atoms with Crippen LogP contribution in [0.15, 0.2) is 40.0 Å². The van der Waals surface area contributed by atoms with Crippen LogP contribution in [-0.2, 0) is 4.74 Å². The van der Waals surface area contributed by atoms with Crippen LogP contribution in [0.4, 0.5) is 5.69 Å². The van der Waals surface area contributed by atoms with Crippen molar-refractivity contribution >= 4 is 17.5 Å². The van der Waals surface area contributed by atoms with Crippen molar-refractivity contribution in [3.05, 3.63) is 40.6 Å². The number of nitrogens with zero attached hydrogens (tertiary/aromatic N) is 1. The number of ether oxygens (including phenoxy) is 2. The van der Waals surface area contributed by atoms with Crippen LogP contribution in [0.2, 0.25) is 0 Å². The molecule has 0 saturated heterocycles. The van der Waals surface area contributed by atoms with Gasteiger partial charge < -0.3 is 20.5 Å². The highest BCUT2D eigenvalue weighted by Gasteiger charge is 2.16. The van der Waals surface area contributed by atoms with Crippen LogP contribution in [0.3, 0.4) is 0 Å². The molecular formula is C18H25N3O2. The summed E-state index contributed by atoms with van der Waals surface area (Å²) in [7, 11) is 3.46. The molecule has 0 amide bonds. The second kappa shape index (κ2) is 7.83. The fourth-order valence-electron chi connectivity index (χ4n) is 2.47. The van der Waals surface area contributed by atoms with Gasteiger partial charge in [-0.2, -0.15) is 0 Å². The van der Waals surface area contributed by atoms with E-state index in [0.717, 1.165) is 39.6 Å². The maximum Gasteiger partial charge on any atom is 0.121 e. The smallest absolute Gasteiger partial charge is 0.121 e. The van der Waals surface area contributed by atoms with Crippen molar-refractivity contribution in [2.24, 2.45) is 10.7 Å². The van der Waals surface area contributed by atoms with E-state index in [1.165, 1.54) is 0 Å². The summed E-state index contributed by atoms with van der Waals surface area (Å²) in [5.41, 5.74) is 12.0. The minimum Gasteiger partial charge on any atom is -0.491 e. The SMILES string of the molecule is CN=C(C1=Cc2ccc(OCCOC)cc2NC1)/C(C)=C(\C)N. The van der Waals surface area contributed by atoms with E-state index in [4.69, 9.17) is 15.2 Å². The van der Waals surface area contributed by atoms with Crippen molar-refractivity contribution in [3.8, 4) is 5.75 Å². The molecule has 3 N–H and O–H groups in total. The number of nitrogens with one attached hydrogen (secondary N) is 1. The predicted molar refractivity (Wildman–Crippen MR) is 96.2 cm³/mol. The first-order chi connectivity index (χ1) is 11.1. The lowest BCUT2D eigenvalue weighted by molar-refractivity contribution is 0.146. The average Bonchev–Trinajstić information content (AvgIpc) is 2.55. The molecule has 5 nitrogen and oxygen atoms in total. The standard InChI is InChI=1S/C18H25N3O2/c1-12(13(2)19)18(20-3)15-9-14-5-6-16(23-8-7-22-4)10-17(14)21-11-15/h5-6,9-10,21H,7-8,11,19H2,1-4H3/b13-12+,20-18?. The molecule has 5 heteroatoms. The number of rotatable bonds is 6. The van der Waals surface area contributed by atoms with Crippen LogP contribution in [0.5, 0.6) is 5.75 Å². The topological polar surface area (TPSA) is 68.9 Å². The van der Waals surface area contributed by atoms with Gasteiger partial charge in [0.1, 0.15) is 12.4 Å². The highest BCUT2D eigenvalue weighted by atomic mass is 16.5. The van der Waals surface area contributed by atoms with Crippen molar-refractivity contribution in [1.29, 1.82) is 0 Å². The van der Waals surface area contributed by atoms with Crippen LogP contribution >= 0.6 is 0 Å². The third-order valence-electron chi connectivity index (χ3n) is 3.85. The molecule has 1 aromatic rings. The summed E-state index contributed by atoms with van der Waals surface area (Å²) in [4.78, 5) is 4.41. The summed E-state index contributed by atoms with van der Waals surface area (Å²) in [6.45, 7) is 5.74. The summed E-state index contributed by atoms with van der Waals surface area (Å²) < 4.78 is 10.6. The highest BCUT2D eigenvalue weighted by molar-refractivity contribution is 6.16. The minimum absolute atomic E-state index is 0.544. The number of hydrogen-bond acceptors (Lipinski definition) is 5. The zero-order valence-electron chi connectivity index (χ0n) is 14.3. The average molecular weight is 315 g/mol. The Morgan fingerprint density at radius 1 is 1.30 bits per heavy atom. The number of aliphatic imine (C=N–C) groups is 1. The Morgan fingerprint density at radius 3 is 2.74 bits per heavy atom. The van der Waals surface area contributed by atoms with E-state index in [2.05, 4.69) is 16.4 Å². The van der Waals surface area contributed by atoms with Crippen molar-refractivity contribution in [3.63, 3.8) is 0 Å². The van der Waals surface area contributed by atoms with E-state index >= 15 is 0 Å². The van der Waals surface area contributed by atoms with Crippen LogP contribution in [0.25, 0.3) is 6.08 Å². The first kappa shape index (κ1) is 17.1. The van der Waals surface area contributed by atoms with Gasteiger partial charge in [0.2, 0.25) is 0 Å². The molecule has 23 heavy (non-hydrogen) atoms. The van der Waals surface area contributed by atoms with Gasteiger partial charge in [-0.1, -0.05) is 0 Å². The third kappa shape index (κ3) is 4.13. The fourth-order valence-corrected chi connectivity index (χ4v) is 2.47. The number of allylic oxidation sites excluding steroid dienone is 2. The summed E-state index contributed by atoms with van der Waals surface area (Å²) in [5.74, 6) is 0.836. The van der Waals surface area contributed by atoms with E-state index < -0.39 is 0 Å². The molecule has 0 saturated carbocycles. The van der Waals surface area contributed by atoms with Crippen LogP contribution in [-0.4, -0.2) is 39.6 Å². The van der Waals surface area contributed by atoms with Crippen molar-refractivity contribution in [2.45, 2.75) is 13.8 Å². The third-order valence-corrected chi connectivity index (χ3v) is 3.85. The lowest BCUT2D eigenvalue weighted by Gasteiger charge is -2.21. The number of benzene rings is 1. The lowest BCUT2D eigenvalue weighted by Crippen LogP contribution is -2.19. The van der Waals surface area contributed by atoms with Crippen LogP contribution in [0.1, 0.15) is 19.4 Å². The van der Waals surface area contributed by atoms with Gasteiger partial charge in [0.25, 0.3) is 0 Å². The number of nitrogens with two attached hydrogens (primary N) is 1. The van der Waals surface area contributed by atoms with Gasteiger partial charge in [0.15, 0.2) is 0 Å². The Balaban J connectivity index is 2.23. The Kier molecular flexibility index (Phi) is 5.82. The molecule has 2 rings (SSSR count). The van der Waals surface area contributed by atoms with Gasteiger partial charge in [-0.25, -0.2) is 0 Å². The molecule has 0 spiro atoms. The van der Waals surface area contributed by atoms with Crippen molar-refractivity contribution in [1.82, 2.24) is 0 Å². The Labute approximate surface area is 137 Å². The first-order valence-electron chi connectivity index (χ1n) is 7.67. The van der Waals surface area contributed by atoms with Gasteiger partial charge in [0, 0.05) is 38.2 Å². The quantitative estimate of drug-likeness (QED) is 0.625. The van der Waals surface area contributed by atoms with Gasteiger partial charge >= 0.3 is 0 Å². The molecule has 124 valence electrons. The molecule has 0 atom stereocenters. The number of hydrogen-bond donors (Lipinski definition) is 2.